The molecule has 2 aromatic carbocycles. The van der Waals surface area contributed by atoms with Crippen molar-refractivity contribution >= 4 is 35.0 Å². The van der Waals surface area contributed by atoms with E-state index in [1.165, 1.54) is 18.2 Å². The molecule has 8 heteroatoms. The third kappa shape index (κ3) is 5.95. The largest absolute Gasteiger partial charge is 0.326 e. The highest BCUT2D eigenvalue weighted by atomic mass is 35.5. The van der Waals surface area contributed by atoms with Gasteiger partial charge in [-0.1, -0.05) is 41.6 Å². The van der Waals surface area contributed by atoms with Gasteiger partial charge >= 0.3 is 0 Å². The maximum absolute atomic E-state index is 13.8. The molecule has 0 aromatic heterocycles. The zero-order valence-electron chi connectivity index (χ0n) is 13.4. The fourth-order valence-electron chi connectivity index (χ4n) is 2.30. The van der Waals surface area contributed by atoms with E-state index in [9.17, 15) is 18.0 Å². The van der Waals surface area contributed by atoms with E-state index in [0.717, 1.165) is 0 Å². The molecule has 1 unspecified atom stereocenters. The molecule has 2 rings (SSSR count). The van der Waals surface area contributed by atoms with Crippen molar-refractivity contribution < 1.29 is 22.9 Å². The van der Waals surface area contributed by atoms with Gasteiger partial charge in [-0.25, -0.2) is 4.39 Å². The molecular weight excluding hydrogens is 373 g/mol. The molecular formula is C17H17ClF3N2OS+. The number of amides is 1. The van der Waals surface area contributed by atoms with Gasteiger partial charge < -0.3 is 10.2 Å². The molecule has 2 aromatic rings. The smallest absolute Gasteiger partial charge is 0.288 e. The number of halogens is 4. The molecule has 1 atom stereocenters. The van der Waals surface area contributed by atoms with Crippen LogP contribution in [0.25, 0.3) is 0 Å². The Labute approximate surface area is 153 Å². The molecule has 3 nitrogen and oxygen atoms in total. The fraction of sp³-hybridized carbons (Fsp3) is 0.235. The first-order valence-electron chi connectivity index (χ1n) is 7.44. The molecule has 0 saturated carbocycles. The van der Waals surface area contributed by atoms with E-state index in [0.29, 0.717) is 37.8 Å². The summed E-state index contributed by atoms with van der Waals surface area (Å²) in [6.45, 7) is 0.269. The lowest BCUT2D eigenvalue weighted by Gasteiger charge is -2.16. The number of thioether (sulfide) groups is 1. The van der Waals surface area contributed by atoms with Crippen LogP contribution in [0.1, 0.15) is 5.56 Å². The predicted molar refractivity (Wildman–Crippen MR) is 93.8 cm³/mol. The summed E-state index contributed by atoms with van der Waals surface area (Å²) >= 11 is 6.35. The Morgan fingerprint density at radius 3 is 2.64 bits per heavy atom. The number of anilines is 1. The van der Waals surface area contributed by atoms with Crippen LogP contribution in [0.5, 0.6) is 0 Å². The summed E-state index contributed by atoms with van der Waals surface area (Å²) in [5.41, 5.74) is 0.664. The van der Waals surface area contributed by atoms with E-state index in [4.69, 9.17) is 11.6 Å². The monoisotopic (exact) mass is 389 g/mol. The minimum absolute atomic E-state index is 0.0400. The van der Waals surface area contributed by atoms with Gasteiger partial charge in [0.05, 0.1) is 23.3 Å². The number of carbonyl (C=O) groups excluding carboxylic acids is 1. The van der Waals surface area contributed by atoms with E-state index in [1.807, 2.05) is 0 Å². The molecule has 25 heavy (non-hydrogen) atoms. The third-order valence-electron chi connectivity index (χ3n) is 3.38. The highest BCUT2D eigenvalue weighted by Gasteiger charge is 2.17. The lowest BCUT2D eigenvalue weighted by Crippen LogP contribution is -3.08. The Morgan fingerprint density at radius 2 is 1.96 bits per heavy atom. The summed E-state index contributed by atoms with van der Waals surface area (Å²) in [4.78, 5) is 13.2. The van der Waals surface area contributed by atoms with Crippen LogP contribution in [0.3, 0.4) is 0 Å². The van der Waals surface area contributed by atoms with Crippen LogP contribution in [-0.4, -0.2) is 25.3 Å². The van der Waals surface area contributed by atoms with E-state index in [1.54, 1.807) is 31.3 Å². The molecule has 1 amide bonds. The molecule has 0 spiro atoms. The number of rotatable bonds is 7. The summed E-state index contributed by atoms with van der Waals surface area (Å²) < 4.78 is 38.9. The number of carbonyl (C=O) groups is 1. The zero-order valence-corrected chi connectivity index (χ0v) is 14.9. The normalized spacial score (nSPS) is 12.2. The third-order valence-corrected chi connectivity index (χ3v) is 4.52. The molecule has 0 bridgehead atoms. The predicted octanol–water partition coefficient (Wildman–Crippen LogP) is 3.45. The van der Waals surface area contributed by atoms with Crippen LogP contribution in [-0.2, 0) is 11.3 Å². The molecule has 0 aliphatic rings. The summed E-state index contributed by atoms with van der Waals surface area (Å²) in [5, 5.41) is 2.93. The number of likely N-dealkylation sites (N-methyl/N-ethyl adjacent to an activating group) is 1. The molecule has 2 N–H and O–H groups in total. The Hall–Kier alpha value is -1.70. The van der Waals surface area contributed by atoms with Gasteiger partial charge in [0.2, 0.25) is 0 Å². The van der Waals surface area contributed by atoms with E-state index >= 15 is 0 Å². The van der Waals surface area contributed by atoms with Gasteiger partial charge in [0, 0.05) is 4.90 Å². The highest BCUT2D eigenvalue weighted by Crippen LogP contribution is 2.31. The van der Waals surface area contributed by atoms with Crippen LogP contribution in [0.4, 0.5) is 18.9 Å². The van der Waals surface area contributed by atoms with Gasteiger partial charge in [-0.3, -0.25) is 4.79 Å². The standard InChI is InChI=1S/C17H16ClF3N2OS/c1-23(9-11-12(18)5-4-6-13(11)19)10-16(24)22-14-7-2-3-8-15(14)25-17(20)21/h2-8,17H,9-10H2,1H3,(H,22,24)/p+1. The first-order valence-corrected chi connectivity index (χ1v) is 8.70. The molecule has 0 aliphatic carbocycles. The van der Waals surface area contributed by atoms with Crippen LogP contribution in [0.2, 0.25) is 5.02 Å². The number of hydrogen-bond donors (Lipinski definition) is 2. The maximum atomic E-state index is 13.8. The van der Waals surface area contributed by atoms with Crippen molar-refractivity contribution in [2.75, 3.05) is 18.9 Å². The highest BCUT2D eigenvalue weighted by molar-refractivity contribution is 7.99. The maximum Gasteiger partial charge on any atom is 0.288 e. The minimum Gasteiger partial charge on any atom is -0.326 e. The molecule has 0 heterocycles. The lowest BCUT2D eigenvalue weighted by atomic mass is 10.2. The number of quaternary nitrogens is 1. The SMILES string of the molecule is C[NH+](CC(=O)Nc1ccccc1SC(F)F)Cc1c(F)cccc1Cl. The van der Waals surface area contributed by atoms with Crippen LogP contribution < -0.4 is 10.2 Å². The molecule has 0 fully saturated rings. The Kier molecular flexibility index (Phi) is 7.16. The second-order valence-corrected chi connectivity index (χ2v) is 6.87. The van der Waals surface area contributed by atoms with Crippen molar-refractivity contribution in [3.05, 3.63) is 58.9 Å². The summed E-state index contributed by atoms with van der Waals surface area (Å²) in [6.07, 6.45) is 0. The number of hydrogen-bond acceptors (Lipinski definition) is 2. The van der Waals surface area contributed by atoms with Gasteiger partial charge in [0.1, 0.15) is 12.4 Å². The first-order chi connectivity index (χ1) is 11.9. The zero-order chi connectivity index (χ0) is 18.4. The second kappa shape index (κ2) is 9.12. The average molecular weight is 390 g/mol. The quantitative estimate of drug-likeness (QED) is 0.711. The number of benzene rings is 2. The summed E-state index contributed by atoms with van der Waals surface area (Å²) in [6, 6.07) is 10.8. The Morgan fingerprint density at radius 1 is 1.24 bits per heavy atom. The average Bonchev–Trinajstić information content (AvgIpc) is 2.52. The van der Waals surface area contributed by atoms with Gasteiger partial charge in [-0.05, 0) is 24.3 Å². The second-order valence-electron chi connectivity index (χ2n) is 5.43. The van der Waals surface area contributed by atoms with Gasteiger partial charge in [-0.15, -0.1) is 0 Å². The fourth-order valence-corrected chi connectivity index (χ4v) is 3.13. The van der Waals surface area contributed by atoms with Gasteiger partial charge in [0.25, 0.3) is 11.7 Å². The van der Waals surface area contributed by atoms with Gasteiger partial charge in [-0.2, -0.15) is 8.78 Å². The van der Waals surface area contributed by atoms with E-state index in [-0.39, 0.29) is 19.0 Å². The summed E-state index contributed by atoms with van der Waals surface area (Å²) in [5.74, 6) is -3.35. The lowest BCUT2D eigenvalue weighted by molar-refractivity contribution is -0.885. The van der Waals surface area contributed by atoms with Crippen molar-refractivity contribution in [3.63, 3.8) is 0 Å². The molecule has 0 saturated heterocycles. The minimum atomic E-state index is -2.57. The number of alkyl halides is 2. The Balaban J connectivity index is 1.98. The number of nitrogens with one attached hydrogen (secondary N) is 2. The van der Waals surface area contributed by atoms with E-state index < -0.39 is 11.6 Å². The van der Waals surface area contributed by atoms with Crippen LogP contribution in [0.15, 0.2) is 47.4 Å². The molecule has 0 aliphatic heterocycles. The van der Waals surface area contributed by atoms with E-state index in [2.05, 4.69) is 5.32 Å². The van der Waals surface area contributed by atoms with Gasteiger partial charge in [0.15, 0.2) is 6.54 Å². The van der Waals surface area contributed by atoms with Crippen LogP contribution >= 0.6 is 23.4 Å². The Bertz CT molecular complexity index is 725. The number of para-hydroxylation sites is 1. The molecule has 134 valence electrons. The van der Waals surface area contributed by atoms with Crippen LogP contribution in [0, 0.1) is 5.82 Å². The van der Waals surface area contributed by atoms with Crippen molar-refractivity contribution in [1.29, 1.82) is 0 Å². The van der Waals surface area contributed by atoms with Crippen molar-refractivity contribution in [2.45, 2.75) is 17.2 Å². The van der Waals surface area contributed by atoms with Crippen molar-refractivity contribution in [3.8, 4) is 0 Å². The topological polar surface area (TPSA) is 33.5 Å². The summed E-state index contributed by atoms with van der Waals surface area (Å²) in [7, 11) is 1.72. The van der Waals surface area contributed by atoms with Crippen molar-refractivity contribution in [2.24, 2.45) is 0 Å². The van der Waals surface area contributed by atoms with Crippen molar-refractivity contribution in [1.82, 2.24) is 0 Å². The molecule has 0 radical (unpaired) electrons. The first kappa shape index (κ1) is 19.6.